The van der Waals surface area contributed by atoms with Crippen LogP contribution in [-0.2, 0) is 27.1 Å². The summed E-state index contributed by atoms with van der Waals surface area (Å²) in [6.07, 6.45) is 2.99. The Morgan fingerprint density at radius 1 is 1.23 bits per heavy atom. The minimum Gasteiger partial charge on any atom is -0.462 e. The van der Waals surface area contributed by atoms with Crippen molar-refractivity contribution in [1.29, 1.82) is 0 Å². The molecule has 1 aromatic carbocycles. The highest BCUT2D eigenvalue weighted by Gasteiger charge is 2.28. The summed E-state index contributed by atoms with van der Waals surface area (Å²) in [5, 5.41) is 3.38. The van der Waals surface area contributed by atoms with Gasteiger partial charge in [-0.3, -0.25) is 0 Å². The fourth-order valence-corrected chi connectivity index (χ4v) is 3.27. The lowest BCUT2D eigenvalue weighted by Crippen LogP contribution is -2.29. The molecule has 0 spiro atoms. The number of nitrogens with one attached hydrogen (secondary N) is 1. The first-order chi connectivity index (χ1) is 12.7. The summed E-state index contributed by atoms with van der Waals surface area (Å²) in [6.45, 7) is 2.53. The molecule has 0 radical (unpaired) electrons. The number of pyridine rings is 1. The zero-order valence-corrected chi connectivity index (χ0v) is 14.5. The third-order valence-corrected chi connectivity index (χ3v) is 4.47. The van der Waals surface area contributed by atoms with E-state index < -0.39 is 0 Å². The Balaban J connectivity index is 1.68. The summed E-state index contributed by atoms with van der Waals surface area (Å²) in [7, 11) is 0. The number of aromatic nitrogens is 1. The lowest BCUT2D eigenvalue weighted by molar-refractivity contribution is 0.0480. The van der Waals surface area contributed by atoms with Gasteiger partial charge in [0.1, 0.15) is 17.6 Å². The summed E-state index contributed by atoms with van der Waals surface area (Å²) in [5.74, 6) is 0.884. The Labute approximate surface area is 151 Å². The van der Waals surface area contributed by atoms with Crippen molar-refractivity contribution in [2.75, 3.05) is 18.7 Å². The molecule has 0 aliphatic carbocycles. The van der Waals surface area contributed by atoms with Gasteiger partial charge in [0.15, 0.2) is 5.76 Å². The average molecular weight is 352 g/mol. The Morgan fingerprint density at radius 3 is 2.85 bits per heavy atom. The molecule has 1 N–H and O–H groups in total. The van der Waals surface area contributed by atoms with Crippen LogP contribution in [0.1, 0.15) is 27.2 Å². The lowest BCUT2D eigenvalue weighted by Gasteiger charge is -2.24. The number of esters is 1. The molecule has 26 heavy (non-hydrogen) atoms. The number of nitrogens with zero attached hydrogens (tertiary/aromatic N) is 1. The Kier molecular flexibility index (Phi) is 4.48. The van der Waals surface area contributed by atoms with Crippen molar-refractivity contribution in [1.82, 2.24) is 4.98 Å². The van der Waals surface area contributed by atoms with Gasteiger partial charge in [-0.2, -0.15) is 0 Å². The smallest absolute Gasteiger partial charge is 0.342 e. The highest BCUT2D eigenvalue weighted by atomic mass is 16.7. The summed E-state index contributed by atoms with van der Waals surface area (Å²) >= 11 is 0. The monoisotopic (exact) mass is 352 g/mol. The quantitative estimate of drug-likeness (QED) is 0.835. The molecule has 0 bridgehead atoms. The summed E-state index contributed by atoms with van der Waals surface area (Å²) in [4.78, 5) is 16.9. The Bertz CT molecular complexity index is 848. The van der Waals surface area contributed by atoms with Crippen LogP contribution in [0.15, 0.2) is 48.4 Å². The number of hydrogen-bond donors (Lipinski definition) is 1. The molecule has 4 rings (SSSR count). The van der Waals surface area contributed by atoms with Crippen LogP contribution in [0.2, 0.25) is 0 Å². The van der Waals surface area contributed by atoms with Crippen molar-refractivity contribution in [3.8, 4) is 0 Å². The maximum atomic E-state index is 12.3. The van der Waals surface area contributed by atoms with Crippen LogP contribution in [0.4, 0.5) is 5.82 Å². The van der Waals surface area contributed by atoms with Crippen molar-refractivity contribution in [3.05, 3.63) is 70.8 Å². The highest BCUT2D eigenvalue weighted by molar-refractivity contribution is 5.97. The number of hydrogen-bond acceptors (Lipinski definition) is 6. The Morgan fingerprint density at radius 2 is 2.08 bits per heavy atom. The maximum absolute atomic E-state index is 12.3. The molecule has 134 valence electrons. The van der Waals surface area contributed by atoms with Crippen molar-refractivity contribution in [3.63, 3.8) is 0 Å². The van der Waals surface area contributed by atoms with Gasteiger partial charge in [0.2, 0.25) is 6.79 Å². The SMILES string of the molecule is Cc1cc2c(c(NC(Cc3ccccc3)C3=COCO3)n1)C(=O)OCC2. The number of fused-ring (bicyclic) bond motifs is 1. The molecule has 0 fully saturated rings. The van der Waals surface area contributed by atoms with Crippen LogP contribution >= 0.6 is 0 Å². The second-order valence-electron chi connectivity index (χ2n) is 6.37. The van der Waals surface area contributed by atoms with E-state index in [9.17, 15) is 4.79 Å². The molecule has 0 amide bonds. The molecule has 1 unspecified atom stereocenters. The third kappa shape index (κ3) is 3.35. The molecular formula is C20H20N2O4. The number of ether oxygens (including phenoxy) is 3. The zero-order valence-electron chi connectivity index (χ0n) is 14.5. The van der Waals surface area contributed by atoms with Crippen LogP contribution in [0, 0.1) is 6.92 Å². The fraction of sp³-hybridized carbons (Fsp3) is 0.300. The van der Waals surface area contributed by atoms with Crippen molar-refractivity contribution in [2.45, 2.75) is 25.8 Å². The van der Waals surface area contributed by atoms with Gasteiger partial charge < -0.3 is 19.5 Å². The van der Waals surface area contributed by atoms with Gasteiger partial charge in [-0.1, -0.05) is 30.3 Å². The molecule has 2 aliphatic heterocycles. The highest BCUT2D eigenvalue weighted by Crippen LogP contribution is 2.27. The first-order valence-corrected chi connectivity index (χ1v) is 8.63. The van der Waals surface area contributed by atoms with Gasteiger partial charge in [0, 0.05) is 12.1 Å². The second-order valence-corrected chi connectivity index (χ2v) is 6.37. The first kappa shape index (κ1) is 16.4. The molecule has 0 saturated heterocycles. The molecular weight excluding hydrogens is 332 g/mol. The van der Waals surface area contributed by atoms with Crippen LogP contribution in [0.5, 0.6) is 0 Å². The Hall–Kier alpha value is -3.02. The molecule has 3 heterocycles. The molecule has 6 nitrogen and oxygen atoms in total. The minimum atomic E-state index is -0.336. The van der Waals surface area contributed by atoms with Gasteiger partial charge in [-0.15, -0.1) is 0 Å². The normalized spacial score (nSPS) is 16.7. The summed E-state index contributed by atoms with van der Waals surface area (Å²) in [6, 6.07) is 11.8. The number of cyclic esters (lactones) is 1. The molecule has 1 aromatic heterocycles. The number of rotatable bonds is 5. The van der Waals surface area contributed by atoms with Crippen LogP contribution in [0.3, 0.4) is 0 Å². The predicted molar refractivity (Wildman–Crippen MR) is 95.6 cm³/mol. The summed E-state index contributed by atoms with van der Waals surface area (Å²) in [5.41, 5.74) is 3.48. The van der Waals surface area contributed by atoms with Gasteiger partial charge in [0.25, 0.3) is 0 Å². The van der Waals surface area contributed by atoms with Crippen molar-refractivity contribution < 1.29 is 19.0 Å². The predicted octanol–water partition coefficient (Wildman–Crippen LogP) is 2.97. The zero-order chi connectivity index (χ0) is 17.9. The van der Waals surface area contributed by atoms with Crippen molar-refractivity contribution >= 4 is 11.8 Å². The topological polar surface area (TPSA) is 69.7 Å². The molecule has 0 saturated carbocycles. The number of carbonyl (C=O) groups is 1. The lowest BCUT2D eigenvalue weighted by atomic mass is 10.0. The van der Waals surface area contributed by atoms with Gasteiger partial charge in [0.05, 0.1) is 12.6 Å². The first-order valence-electron chi connectivity index (χ1n) is 8.63. The largest absolute Gasteiger partial charge is 0.462 e. The standard InChI is InChI=1S/C20H20N2O4/c1-13-9-15-7-8-25-20(23)18(15)19(21-13)22-16(17-11-24-12-26-17)10-14-5-3-2-4-6-14/h2-6,9,11,16H,7-8,10,12H2,1H3,(H,21,22). The van der Waals surface area contributed by atoms with E-state index >= 15 is 0 Å². The van der Waals surface area contributed by atoms with Crippen molar-refractivity contribution in [2.24, 2.45) is 0 Å². The van der Waals surface area contributed by atoms with Crippen LogP contribution in [0.25, 0.3) is 0 Å². The average Bonchev–Trinajstić information content (AvgIpc) is 3.16. The van der Waals surface area contributed by atoms with Crippen LogP contribution in [-0.4, -0.2) is 30.4 Å². The minimum absolute atomic E-state index is 0.198. The van der Waals surface area contributed by atoms with Gasteiger partial charge in [-0.05, 0) is 30.5 Å². The number of anilines is 1. The number of carbonyl (C=O) groups excluding carboxylic acids is 1. The fourth-order valence-electron chi connectivity index (χ4n) is 3.27. The van der Waals surface area contributed by atoms with Crippen LogP contribution < -0.4 is 5.32 Å². The third-order valence-electron chi connectivity index (χ3n) is 4.47. The van der Waals surface area contributed by atoms with E-state index in [0.717, 1.165) is 16.8 Å². The molecule has 2 aliphatic rings. The van der Waals surface area contributed by atoms with E-state index in [-0.39, 0.29) is 18.8 Å². The van der Waals surface area contributed by atoms with E-state index in [1.54, 1.807) is 6.26 Å². The van der Waals surface area contributed by atoms with E-state index in [0.29, 0.717) is 36.6 Å². The molecule has 2 aromatic rings. The molecule has 6 heteroatoms. The van der Waals surface area contributed by atoms with E-state index in [4.69, 9.17) is 14.2 Å². The number of benzene rings is 1. The van der Waals surface area contributed by atoms with E-state index in [2.05, 4.69) is 22.4 Å². The second kappa shape index (κ2) is 7.07. The maximum Gasteiger partial charge on any atom is 0.342 e. The summed E-state index contributed by atoms with van der Waals surface area (Å²) < 4.78 is 16.0. The van der Waals surface area contributed by atoms with Gasteiger partial charge >= 0.3 is 5.97 Å². The molecule has 1 atom stereocenters. The van der Waals surface area contributed by atoms with Gasteiger partial charge in [-0.25, -0.2) is 9.78 Å². The van der Waals surface area contributed by atoms with E-state index in [1.165, 1.54) is 0 Å². The van der Waals surface area contributed by atoms with E-state index in [1.807, 2.05) is 31.2 Å². The number of aryl methyl sites for hydroxylation is 1.